The number of aromatic hydroxyl groups is 1. The third kappa shape index (κ3) is 4.22. The van der Waals surface area contributed by atoms with Gasteiger partial charge in [-0.2, -0.15) is 9.97 Å². The van der Waals surface area contributed by atoms with E-state index in [1.165, 1.54) is 24.3 Å². The van der Waals surface area contributed by atoms with Crippen molar-refractivity contribution < 1.29 is 27.8 Å². The van der Waals surface area contributed by atoms with E-state index in [4.69, 9.17) is 15.9 Å². The first-order chi connectivity index (χ1) is 20.8. The van der Waals surface area contributed by atoms with Crippen LogP contribution in [0.25, 0.3) is 32.9 Å². The minimum Gasteiger partial charge on any atom is -0.508 e. The van der Waals surface area contributed by atoms with Crippen molar-refractivity contribution >= 4 is 27.5 Å². The van der Waals surface area contributed by atoms with Gasteiger partial charge >= 0.3 is 6.01 Å². The Morgan fingerprint density at radius 1 is 1.19 bits per heavy atom. The molecule has 11 heteroatoms. The predicted molar refractivity (Wildman–Crippen MR) is 154 cm³/mol. The molecule has 8 nitrogen and oxygen atoms in total. The summed E-state index contributed by atoms with van der Waals surface area (Å²) in [6.07, 6.45) is 8.93. The van der Waals surface area contributed by atoms with Crippen LogP contribution in [0.1, 0.15) is 37.7 Å². The van der Waals surface area contributed by atoms with Gasteiger partial charge in [-0.25, -0.2) is 18.2 Å². The molecule has 1 saturated carbocycles. The van der Waals surface area contributed by atoms with E-state index in [9.17, 15) is 13.9 Å². The minimum atomic E-state index is -0.923. The van der Waals surface area contributed by atoms with Crippen LogP contribution in [0.2, 0.25) is 0 Å². The average Bonchev–Trinajstić information content (AvgIpc) is 3.72. The Balaban J connectivity index is 1.30. The number of hydrogen-bond donors (Lipinski definition) is 2. The molecule has 2 aromatic carbocycles. The highest BCUT2D eigenvalue weighted by molar-refractivity contribution is 6.04. The van der Waals surface area contributed by atoms with E-state index >= 15 is 4.39 Å². The third-order valence-electron chi connectivity index (χ3n) is 9.33. The number of alkyl halides is 1. The van der Waals surface area contributed by atoms with Crippen molar-refractivity contribution in [3.63, 3.8) is 0 Å². The van der Waals surface area contributed by atoms with Gasteiger partial charge in [-0.15, -0.1) is 6.42 Å². The zero-order chi connectivity index (χ0) is 29.5. The van der Waals surface area contributed by atoms with Crippen molar-refractivity contribution in [3.8, 4) is 41.2 Å². The van der Waals surface area contributed by atoms with Crippen LogP contribution >= 0.6 is 0 Å². The molecule has 43 heavy (non-hydrogen) atoms. The summed E-state index contributed by atoms with van der Waals surface area (Å²) in [5.74, 6) is 1.52. The molecule has 0 radical (unpaired) electrons. The Labute approximate surface area is 245 Å². The summed E-state index contributed by atoms with van der Waals surface area (Å²) in [5, 5.41) is 14.9. The van der Waals surface area contributed by atoms with Gasteiger partial charge in [-0.3, -0.25) is 4.90 Å². The van der Waals surface area contributed by atoms with Crippen LogP contribution in [-0.4, -0.2) is 69.0 Å². The number of halogens is 3. The van der Waals surface area contributed by atoms with Crippen molar-refractivity contribution in [3.05, 3.63) is 41.5 Å². The molecule has 0 spiro atoms. The largest absolute Gasteiger partial charge is 0.508 e. The topological polar surface area (TPSA) is 92.6 Å². The van der Waals surface area contributed by atoms with Gasteiger partial charge in [0.05, 0.1) is 17.1 Å². The van der Waals surface area contributed by atoms with Crippen molar-refractivity contribution in [2.45, 2.75) is 49.9 Å². The molecule has 2 aromatic heterocycles. The number of hydrogen-bond acceptors (Lipinski definition) is 8. The zero-order valence-electron chi connectivity index (χ0n) is 23.2. The van der Waals surface area contributed by atoms with E-state index in [1.807, 2.05) is 0 Å². The second-order valence-corrected chi connectivity index (χ2v) is 12.1. The van der Waals surface area contributed by atoms with Crippen molar-refractivity contribution in [1.29, 1.82) is 0 Å². The number of anilines is 1. The van der Waals surface area contributed by atoms with E-state index in [2.05, 4.69) is 31.1 Å². The fraction of sp³-hybridized carbons (Fsp3) is 0.406. The molecule has 8 rings (SSSR count). The Morgan fingerprint density at radius 3 is 2.86 bits per heavy atom. The Kier molecular flexibility index (Phi) is 5.88. The maximum absolute atomic E-state index is 16.7. The molecule has 3 atom stereocenters. The predicted octanol–water partition coefficient (Wildman–Crippen LogP) is 5.35. The minimum absolute atomic E-state index is 0.0481. The molecule has 4 aromatic rings. The normalized spacial score (nSPS) is 24.8. The van der Waals surface area contributed by atoms with Crippen LogP contribution in [0.5, 0.6) is 17.6 Å². The van der Waals surface area contributed by atoms with Gasteiger partial charge in [0.1, 0.15) is 53.4 Å². The number of phenols is 1. The number of rotatable bonds is 5. The third-order valence-corrected chi connectivity index (χ3v) is 9.33. The Hall–Kier alpha value is -4.30. The second kappa shape index (κ2) is 9.61. The number of benzene rings is 2. The van der Waals surface area contributed by atoms with E-state index in [0.29, 0.717) is 30.1 Å². The number of phenolic OH excluding ortho intramolecular Hbond substituents is 1. The van der Waals surface area contributed by atoms with Crippen LogP contribution in [-0.2, 0) is 0 Å². The smallest absolute Gasteiger partial charge is 0.319 e. The van der Waals surface area contributed by atoms with Crippen LogP contribution in [0.15, 0.2) is 24.3 Å². The number of pyridine rings is 1. The molecule has 4 aliphatic rings. The molecular formula is C32H28F3N5O3. The number of terminal acetylenes is 1. The van der Waals surface area contributed by atoms with Gasteiger partial charge in [0.15, 0.2) is 5.82 Å². The molecule has 220 valence electrons. The fourth-order valence-corrected chi connectivity index (χ4v) is 7.11. The molecule has 5 heterocycles. The molecule has 2 saturated heterocycles. The summed E-state index contributed by atoms with van der Waals surface area (Å²) in [6, 6.07) is 5.27. The molecule has 3 aliphatic heterocycles. The molecule has 1 aliphatic carbocycles. The first-order valence-electron chi connectivity index (χ1n) is 14.6. The number of nitrogens with zero attached hydrogens (tertiary/aromatic N) is 4. The molecular weight excluding hydrogens is 559 g/mol. The summed E-state index contributed by atoms with van der Waals surface area (Å²) < 4.78 is 58.2. The van der Waals surface area contributed by atoms with Crippen LogP contribution in [0.3, 0.4) is 0 Å². The summed E-state index contributed by atoms with van der Waals surface area (Å²) in [4.78, 5) is 15.8. The van der Waals surface area contributed by atoms with E-state index in [1.54, 1.807) is 0 Å². The molecule has 0 unspecified atom stereocenters. The monoisotopic (exact) mass is 587 g/mol. The van der Waals surface area contributed by atoms with E-state index in [-0.39, 0.29) is 70.0 Å². The summed E-state index contributed by atoms with van der Waals surface area (Å²) in [6.45, 7) is 1.63. The first kappa shape index (κ1) is 26.3. The van der Waals surface area contributed by atoms with Gasteiger partial charge < -0.3 is 19.9 Å². The lowest BCUT2D eigenvalue weighted by molar-refractivity contribution is 0.107. The number of ether oxygens (including phenoxy) is 2. The van der Waals surface area contributed by atoms with Gasteiger partial charge in [-0.1, -0.05) is 12.0 Å². The summed E-state index contributed by atoms with van der Waals surface area (Å²) >= 11 is 0. The van der Waals surface area contributed by atoms with Crippen molar-refractivity contribution in [2.24, 2.45) is 5.92 Å². The Bertz CT molecular complexity index is 1860. The quantitative estimate of drug-likeness (QED) is 0.302. The van der Waals surface area contributed by atoms with Crippen LogP contribution in [0, 0.1) is 29.9 Å². The standard InChI is InChI=1S/C32H28F3N5O3/c1-2-20-22(34)7-6-17-10-19(41)11-21(24(17)20)27-26(35)28-25-29(36-23(16-4-5-16)14-42-30(25)37-27)39-31(38-28)43-15-32-8-3-9-40(32)13-18(33)12-32/h1,6-7,10-11,16,18,23,41H,3-5,8-9,12-15H2,(H,36,38,39)/t18-,23-,32+/m1/s1. The summed E-state index contributed by atoms with van der Waals surface area (Å²) in [5.41, 5.74) is -0.730. The molecule has 0 bridgehead atoms. The molecule has 3 fully saturated rings. The summed E-state index contributed by atoms with van der Waals surface area (Å²) in [7, 11) is 0. The van der Waals surface area contributed by atoms with Crippen molar-refractivity contribution in [2.75, 3.05) is 31.6 Å². The maximum atomic E-state index is 16.7. The van der Waals surface area contributed by atoms with Gasteiger partial charge in [0, 0.05) is 23.9 Å². The lowest BCUT2D eigenvalue weighted by atomic mass is 9.95. The lowest BCUT2D eigenvalue weighted by Gasteiger charge is -2.30. The molecule has 2 N–H and O–H groups in total. The van der Waals surface area contributed by atoms with Gasteiger partial charge in [0.2, 0.25) is 5.88 Å². The Morgan fingerprint density at radius 2 is 2.05 bits per heavy atom. The zero-order valence-corrected chi connectivity index (χ0v) is 23.2. The number of fused-ring (bicyclic) bond motifs is 2. The highest BCUT2D eigenvalue weighted by Gasteiger charge is 2.49. The second-order valence-electron chi connectivity index (χ2n) is 12.1. The SMILES string of the molecule is C#Cc1c(F)ccc2cc(O)cc(-c3nc4c5c(nc(OC[C@@]67CCCN6C[C@H](F)C7)nc5c3F)N[C@@H](C3CC3)CO4)c12. The lowest BCUT2D eigenvalue weighted by Crippen LogP contribution is -2.43. The molecule has 0 amide bonds. The average molecular weight is 588 g/mol. The highest BCUT2D eigenvalue weighted by atomic mass is 19.1. The van der Waals surface area contributed by atoms with Gasteiger partial charge in [-0.05, 0) is 61.7 Å². The maximum Gasteiger partial charge on any atom is 0.319 e. The van der Waals surface area contributed by atoms with E-state index < -0.39 is 23.3 Å². The van der Waals surface area contributed by atoms with Crippen molar-refractivity contribution in [1.82, 2.24) is 19.9 Å². The van der Waals surface area contributed by atoms with Crippen LogP contribution < -0.4 is 14.8 Å². The first-order valence-corrected chi connectivity index (χ1v) is 14.6. The van der Waals surface area contributed by atoms with E-state index in [0.717, 1.165) is 32.2 Å². The van der Waals surface area contributed by atoms with Crippen LogP contribution in [0.4, 0.5) is 19.0 Å². The fourth-order valence-electron chi connectivity index (χ4n) is 7.11. The van der Waals surface area contributed by atoms with Gasteiger partial charge in [0.25, 0.3) is 0 Å². The number of aromatic nitrogens is 3. The highest BCUT2D eigenvalue weighted by Crippen LogP contribution is 2.45. The number of nitrogens with one attached hydrogen (secondary N) is 1.